The second-order valence-corrected chi connectivity index (χ2v) is 9.39. The van der Waals surface area contributed by atoms with Gasteiger partial charge in [0, 0.05) is 29.9 Å². The second kappa shape index (κ2) is 10.8. The van der Waals surface area contributed by atoms with Crippen molar-refractivity contribution in [3.05, 3.63) is 94.5 Å². The fraction of sp³-hybridized carbons (Fsp3) is 0.250. The minimum atomic E-state index is -0.585. The van der Waals surface area contributed by atoms with Crippen molar-refractivity contribution in [1.29, 1.82) is 0 Å². The molecule has 35 heavy (non-hydrogen) atoms. The summed E-state index contributed by atoms with van der Waals surface area (Å²) in [5, 5.41) is 3.49. The Labute approximate surface area is 211 Å². The summed E-state index contributed by atoms with van der Waals surface area (Å²) in [5.41, 5.74) is 4.16. The Morgan fingerprint density at radius 1 is 0.943 bits per heavy atom. The molecule has 0 bridgehead atoms. The molecule has 1 atom stereocenters. The summed E-state index contributed by atoms with van der Waals surface area (Å²) in [6.07, 6.45) is 0.894. The van der Waals surface area contributed by atoms with Crippen molar-refractivity contribution in [1.82, 2.24) is 9.80 Å². The van der Waals surface area contributed by atoms with Gasteiger partial charge in [0.2, 0.25) is 5.91 Å². The Hall–Kier alpha value is -3.48. The van der Waals surface area contributed by atoms with E-state index in [2.05, 4.69) is 10.2 Å². The molecule has 3 aromatic rings. The smallest absolute Gasteiger partial charge is 0.253 e. The number of carbonyl (C=O) groups is 2. The predicted octanol–water partition coefficient (Wildman–Crippen LogP) is 5.22. The van der Waals surface area contributed by atoms with Crippen LogP contribution in [0.3, 0.4) is 0 Å². The largest absolute Gasteiger partial charge is 0.342 e. The molecule has 180 valence electrons. The van der Waals surface area contributed by atoms with Gasteiger partial charge in [-0.25, -0.2) is 0 Å². The Balaban J connectivity index is 1.68. The number of amides is 2. The summed E-state index contributed by atoms with van der Waals surface area (Å²) < 4.78 is 0. The van der Waals surface area contributed by atoms with E-state index in [1.165, 1.54) is 0 Å². The standard InChI is InChI=1S/C28H29ClN4O2/c1-32(2)15-8-16-33(3)28(35)20-11-7-12-22(17-20)30-26(19-9-5-4-6-10-19)25-23-14-13-21(29)18-24(23)31-27(25)34/h4-7,9-14,17-18,25H,8,15-16H2,1-3H3,(H,31,34). The number of hydrogen-bond donors (Lipinski definition) is 1. The van der Waals surface area contributed by atoms with Gasteiger partial charge in [0.15, 0.2) is 0 Å². The fourth-order valence-electron chi connectivity index (χ4n) is 4.20. The third kappa shape index (κ3) is 5.78. The summed E-state index contributed by atoms with van der Waals surface area (Å²) >= 11 is 6.14. The quantitative estimate of drug-likeness (QED) is 0.442. The van der Waals surface area contributed by atoms with Crippen molar-refractivity contribution in [2.45, 2.75) is 12.3 Å². The number of benzene rings is 3. The molecular weight excluding hydrogens is 460 g/mol. The molecule has 1 unspecified atom stereocenters. The van der Waals surface area contributed by atoms with E-state index < -0.39 is 5.92 Å². The second-order valence-electron chi connectivity index (χ2n) is 8.95. The highest BCUT2D eigenvalue weighted by Crippen LogP contribution is 2.37. The van der Waals surface area contributed by atoms with E-state index in [-0.39, 0.29) is 11.8 Å². The first-order chi connectivity index (χ1) is 16.8. The average molecular weight is 489 g/mol. The average Bonchev–Trinajstić information content (AvgIpc) is 3.17. The lowest BCUT2D eigenvalue weighted by atomic mass is 9.90. The SMILES string of the molecule is CN(C)CCCN(C)C(=O)c1cccc(N=C(c2ccccc2)C2C(=O)Nc3cc(Cl)ccc32)c1. The number of rotatable bonds is 8. The fourth-order valence-corrected chi connectivity index (χ4v) is 4.38. The van der Waals surface area contributed by atoms with E-state index in [1.54, 1.807) is 29.2 Å². The van der Waals surface area contributed by atoms with E-state index in [0.717, 1.165) is 24.1 Å². The Morgan fingerprint density at radius 2 is 1.69 bits per heavy atom. The molecule has 1 N–H and O–H groups in total. The van der Waals surface area contributed by atoms with Crippen molar-refractivity contribution in [2.24, 2.45) is 4.99 Å². The van der Waals surface area contributed by atoms with Crippen LogP contribution in [0.4, 0.5) is 11.4 Å². The van der Waals surface area contributed by atoms with Crippen LogP contribution in [0, 0.1) is 0 Å². The van der Waals surface area contributed by atoms with Gasteiger partial charge in [-0.2, -0.15) is 0 Å². The molecule has 0 spiro atoms. The number of nitrogens with one attached hydrogen (secondary N) is 1. The molecule has 4 rings (SSSR count). The van der Waals surface area contributed by atoms with Crippen LogP contribution in [0.2, 0.25) is 5.02 Å². The first-order valence-corrected chi connectivity index (χ1v) is 12.0. The van der Waals surface area contributed by atoms with Gasteiger partial charge in [0.1, 0.15) is 5.92 Å². The first-order valence-electron chi connectivity index (χ1n) is 11.6. The molecule has 0 aromatic heterocycles. The molecule has 6 nitrogen and oxygen atoms in total. The van der Waals surface area contributed by atoms with Crippen LogP contribution in [0.25, 0.3) is 0 Å². The van der Waals surface area contributed by atoms with Gasteiger partial charge in [-0.15, -0.1) is 0 Å². The molecule has 0 saturated heterocycles. The molecule has 7 heteroatoms. The predicted molar refractivity (Wildman–Crippen MR) is 142 cm³/mol. The van der Waals surface area contributed by atoms with Gasteiger partial charge in [-0.3, -0.25) is 14.6 Å². The highest BCUT2D eigenvalue weighted by Gasteiger charge is 2.35. The third-order valence-corrected chi connectivity index (χ3v) is 6.21. The molecule has 1 aliphatic heterocycles. The number of fused-ring (bicyclic) bond motifs is 1. The number of carbonyl (C=O) groups excluding carboxylic acids is 2. The van der Waals surface area contributed by atoms with E-state index in [4.69, 9.17) is 16.6 Å². The zero-order valence-corrected chi connectivity index (χ0v) is 20.9. The van der Waals surface area contributed by atoms with Crippen LogP contribution in [0.1, 0.15) is 33.8 Å². The zero-order valence-electron chi connectivity index (χ0n) is 20.2. The van der Waals surface area contributed by atoms with Crippen molar-refractivity contribution < 1.29 is 9.59 Å². The summed E-state index contributed by atoms with van der Waals surface area (Å²) in [6.45, 7) is 1.58. The van der Waals surface area contributed by atoms with Crippen LogP contribution in [-0.4, -0.2) is 61.6 Å². The zero-order chi connectivity index (χ0) is 24.9. The number of halogens is 1. The van der Waals surface area contributed by atoms with Crippen LogP contribution in [0.5, 0.6) is 0 Å². The molecular formula is C28H29ClN4O2. The highest BCUT2D eigenvalue weighted by atomic mass is 35.5. The van der Waals surface area contributed by atoms with Crippen LogP contribution in [0.15, 0.2) is 77.8 Å². The number of nitrogens with zero attached hydrogens (tertiary/aromatic N) is 3. The number of hydrogen-bond acceptors (Lipinski definition) is 4. The molecule has 0 fully saturated rings. The Bertz CT molecular complexity index is 1260. The lowest BCUT2D eigenvalue weighted by Crippen LogP contribution is -2.29. The van der Waals surface area contributed by atoms with Gasteiger partial charge >= 0.3 is 0 Å². The number of anilines is 1. The molecule has 0 saturated carbocycles. The molecule has 2 amide bonds. The minimum absolute atomic E-state index is 0.0549. The Kier molecular flexibility index (Phi) is 7.63. The summed E-state index contributed by atoms with van der Waals surface area (Å²) in [5.74, 6) is -0.795. The summed E-state index contributed by atoms with van der Waals surface area (Å²) in [4.78, 5) is 34.8. The normalized spacial score (nSPS) is 15.2. The monoisotopic (exact) mass is 488 g/mol. The summed E-state index contributed by atoms with van der Waals surface area (Å²) in [6, 6.07) is 22.3. The van der Waals surface area contributed by atoms with Crippen molar-refractivity contribution in [3.63, 3.8) is 0 Å². The minimum Gasteiger partial charge on any atom is -0.342 e. The van der Waals surface area contributed by atoms with Gasteiger partial charge in [-0.1, -0.05) is 54.1 Å². The van der Waals surface area contributed by atoms with Gasteiger partial charge in [0.25, 0.3) is 5.91 Å². The molecule has 1 aliphatic rings. The molecule has 0 radical (unpaired) electrons. The van der Waals surface area contributed by atoms with Crippen LogP contribution < -0.4 is 5.32 Å². The maximum Gasteiger partial charge on any atom is 0.253 e. The van der Waals surface area contributed by atoms with Crippen LogP contribution in [-0.2, 0) is 4.79 Å². The topological polar surface area (TPSA) is 65.0 Å². The van der Waals surface area contributed by atoms with Crippen molar-refractivity contribution in [3.8, 4) is 0 Å². The van der Waals surface area contributed by atoms with Crippen molar-refractivity contribution >= 4 is 40.5 Å². The lowest BCUT2D eigenvalue weighted by Gasteiger charge is -2.19. The van der Waals surface area contributed by atoms with E-state index in [1.807, 2.05) is 69.7 Å². The number of aliphatic imine (C=N–C) groups is 1. The molecule has 3 aromatic carbocycles. The Morgan fingerprint density at radius 3 is 2.43 bits per heavy atom. The third-order valence-electron chi connectivity index (χ3n) is 5.98. The van der Waals surface area contributed by atoms with E-state index in [9.17, 15) is 9.59 Å². The van der Waals surface area contributed by atoms with Gasteiger partial charge in [0.05, 0.1) is 11.4 Å². The van der Waals surface area contributed by atoms with Gasteiger partial charge in [-0.05, 0) is 68.5 Å². The van der Waals surface area contributed by atoms with E-state index >= 15 is 0 Å². The first kappa shape index (κ1) is 24.6. The van der Waals surface area contributed by atoms with Crippen molar-refractivity contribution in [2.75, 3.05) is 39.5 Å². The summed E-state index contributed by atoms with van der Waals surface area (Å²) in [7, 11) is 5.85. The molecule has 0 aliphatic carbocycles. The van der Waals surface area contributed by atoms with Crippen LogP contribution >= 0.6 is 11.6 Å². The van der Waals surface area contributed by atoms with Gasteiger partial charge < -0.3 is 15.1 Å². The molecule has 1 heterocycles. The highest BCUT2D eigenvalue weighted by molar-refractivity contribution is 6.31. The maximum absolute atomic E-state index is 13.1. The maximum atomic E-state index is 13.1. The van der Waals surface area contributed by atoms with E-state index in [0.29, 0.717) is 34.2 Å². The lowest BCUT2D eigenvalue weighted by molar-refractivity contribution is -0.115.